The summed E-state index contributed by atoms with van der Waals surface area (Å²) in [5.74, 6) is -0.643. The highest BCUT2D eigenvalue weighted by atomic mass is 16.6. The van der Waals surface area contributed by atoms with Crippen molar-refractivity contribution in [3.8, 4) is 0 Å². The molecule has 0 aliphatic carbocycles. The van der Waals surface area contributed by atoms with Crippen LogP contribution in [0.1, 0.15) is 12.5 Å². The Balaban J connectivity index is 2.23. The topological polar surface area (TPSA) is 55.8 Å². The predicted molar refractivity (Wildman–Crippen MR) is 58.7 cm³/mol. The Hall–Kier alpha value is -1.39. The molecule has 0 spiro atoms. The first-order valence-corrected chi connectivity index (χ1v) is 5.20. The Kier molecular flexibility index (Phi) is 5.53. The summed E-state index contributed by atoms with van der Waals surface area (Å²) in [6.45, 7) is 2.27. The van der Waals surface area contributed by atoms with Crippen LogP contribution < -0.4 is 0 Å². The standard InChI is InChI=1S/C12H16O4/c1-2-16-12(14)11(13)9-15-8-10-6-4-3-5-7-10/h3-7,11,13H,2,8-9H2,1H3/i12+1. The summed E-state index contributed by atoms with van der Waals surface area (Å²) in [5, 5.41) is 9.33. The van der Waals surface area contributed by atoms with Gasteiger partial charge < -0.3 is 14.6 Å². The molecule has 1 aromatic rings. The monoisotopic (exact) mass is 225 g/mol. The Morgan fingerprint density at radius 2 is 2.06 bits per heavy atom. The van der Waals surface area contributed by atoms with E-state index in [0.29, 0.717) is 6.61 Å². The second kappa shape index (κ2) is 6.98. The summed E-state index contributed by atoms with van der Waals surface area (Å²) >= 11 is 0. The van der Waals surface area contributed by atoms with E-state index >= 15 is 0 Å². The van der Waals surface area contributed by atoms with Crippen molar-refractivity contribution in [1.82, 2.24) is 0 Å². The SMILES string of the molecule is CCO[13C](=O)C(O)COCc1ccccc1. The molecular formula is C12H16O4. The van der Waals surface area contributed by atoms with Crippen LogP contribution in [0, 0.1) is 0 Å². The summed E-state index contributed by atoms with van der Waals surface area (Å²) in [7, 11) is 0. The van der Waals surface area contributed by atoms with E-state index in [0.717, 1.165) is 5.56 Å². The quantitative estimate of drug-likeness (QED) is 0.582. The molecule has 1 atom stereocenters. The second-order valence-corrected chi connectivity index (χ2v) is 3.27. The Morgan fingerprint density at radius 1 is 1.38 bits per heavy atom. The van der Waals surface area contributed by atoms with Crippen LogP contribution in [0.15, 0.2) is 30.3 Å². The molecule has 0 fully saturated rings. The summed E-state index contributed by atoms with van der Waals surface area (Å²) in [5.41, 5.74) is 0.999. The van der Waals surface area contributed by atoms with E-state index in [2.05, 4.69) is 4.74 Å². The molecule has 1 unspecified atom stereocenters. The van der Waals surface area contributed by atoms with Crippen LogP contribution in [0.25, 0.3) is 0 Å². The van der Waals surface area contributed by atoms with Gasteiger partial charge in [-0.2, -0.15) is 0 Å². The minimum atomic E-state index is -1.20. The van der Waals surface area contributed by atoms with Crippen LogP contribution in [0.2, 0.25) is 0 Å². The molecule has 1 rings (SSSR count). The summed E-state index contributed by atoms with van der Waals surface area (Å²) in [4.78, 5) is 11.0. The molecule has 0 heterocycles. The third-order valence-electron chi connectivity index (χ3n) is 1.95. The molecule has 0 aliphatic rings. The zero-order chi connectivity index (χ0) is 11.8. The normalized spacial score (nSPS) is 12.1. The van der Waals surface area contributed by atoms with Crippen molar-refractivity contribution >= 4 is 5.97 Å². The Bertz CT molecular complexity index is 310. The first-order valence-electron chi connectivity index (χ1n) is 5.20. The lowest BCUT2D eigenvalue weighted by molar-refractivity contribution is -0.156. The van der Waals surface area contributed by atoms with E-state index in [4.69, 9.17) is 4.74 Å². The van der Waals surface area contributed by atoms with Crippen molar-refractivity contribution in [2.75, 3.05) is 13.2 Å². The molecule has 4 nitrogen and oxygen atoms in total. The fraction of sp³-hybridized carbons (Fsp3) is 0.417. The predicted octanol–water partition coefficient (Wildman–Crippen LogP) is 1.13. The number of hydrogen-bond acceptors (Lipinski definition) is 4. The first kappa shape index (κ1) is 12.7. The largest absolute Gasteiger partial charge is 0.464 e. The van der Waals surface area contributed by atoms with Gasteiger partial charge in [0.05, 0.1) is 19.8 Å². The lowest BCUT2D eigenvalue weighted by Gasteiger charge is -2.10. The number of ether oxygens (including phenoxy) is 2. The van der Waals surface area contributed by atoms with E-state index in [1.54, 1.807) is 6.92 Å². The van der Waals surface area contributed by atoms with Gasteiger partial charge in [-0.1, -0.05) is 30.3 Å². The molecule has 88 valence electrons. The molecule has 0 radical (unpaired) electrons. The smallest absolute Gasteiger partial charge is 0.337 e. The van der Waals surface area contributed by atoms with Crippen LogP contribution in [0.3, 0.4) is 0 Å². The van der Waals surface area contributed by atoms with Crippen molar-refractivity contribution in [2.45, 2.75) is 19.6 Å². The molecule has 0 bridgehead atoms. The van der Waals surface area contributed by atoms with E-state index < -0.39 is 12.1 Å². The van der Waals surface area contributed by atoms with Gasteiger partial charge in [0.2, 0.25) is 0 Å². The molecule has 4 heteroatoms. The first-order chi connectivity index (χ1) is 7.74. The minimum absolute atomic E-state index is 0.0479. The van der Waals surface area contributed by atoms with Gasteiger partial charge in [-0.3, -0.25) is 0 Å². The van der Waals surface area contributed by atoms with Gasteiger partial charge in [0.1, 0.15) is 0 Å². The molecule has 0 aromatic heterocycles. The van der Waals surface area contributed by atoms with Crippen LogP contribution in [-0.4, -0.2) is 30.4 Å². The summed E-state index contributed by atoms with van der Waals surface area (Å²) in [6.07, 6.45) is -1.20. The van der Waals surface area contributed by atoms with Gasteiger partial charge in [0.15, 0.2) is 6.10 Å². The van der Waals surface area contributed by atoms with Crippen molar-refractivity contribution < 1.29 is 19.4 Å². The Labute approximate surface area is 94.8 Å². The third-order valence-corrected chi connectivity index (χ3v) is 1.95. The van der Waals surface area contributed by atoms with Crippen molar-refractivity contribution in [2.24, 2.45) is 0 Å². The van der Waals surface area contributed by atoms with Crippen LogP contribution in [-0.2, 0) is 20.9 Å². The number of hydrogen-bond donors (Lipinski definition) is 1. The van der Waals surface area contributed by atoms with E-state index in [-0.39, 0.29) is 13.2 Å². The molecule has 1 N–H and O–H groups in total. The average molecular weight is 225 g/mol. The zero-order valence-corrected chi connectivity index (χ0v) is 9.26. The van der Waals surface area contributed by atoms with Gasteiger partial charge in [-0.15, -0.1) is 0 Å². The lowest BCUT2D eigenvalue weighted by Crippen LogP contribution is -2.27. The van der Waals surface area contributed by atoms with E-state index in [1.165, 1.54) is 0 Å². The number of aliphatic hydroxyl groups is 1. The molecule has 0 aliphatic heterocycles. The fourth-order valence-corrected chi connectivity index (χ4v) is 1.17. The highest BCUT2D eigenvalue weighted by Gasteiger charge is 2.15. The minimum Gasteiger partial charge on any atom is -0.464 e. The van der Waals surface area contributed by atoms with E-state index in [1.807, 2.05) is 30.3 Å². The van der Waals surface area contributed by atoms with Crippen LogP contribution >= 0.6 is 0 Å². The van der Waals surface area contributed by atoms with Crippen molar-refractivity contribution in [3.05, 3.63) is 35.9 Å². The second-order valence-electron chi connectivity index (χ2n) is 3.27. The van der Waals surface area contributed by atoms with Crippen molar-refractivity contribution in [1.29, 1.82) is 0 Å². The third kappa shape index (κ3) is 4.42. The maximum Gasteiger partial charge on any atom is 0.337 e. The van der Waals surface area contributed by atoms with Gasteiger partial charge in [-0.25, -0.2) is 4.79 Å². The van der Waals surface area contributed by atoms with Crippen molar-refractivity contribution in [3.63, 3.8) is 0 Å². The maximum absolute atomic E-state index is 11.0. The maximum atomic E-state index is 11.0. The molecule has 1 aromatic carbocycles. The molecular weight excluding hydrogens is 209 g/mol. The van der Waals surface area contributed by atoms with Gasteiger partial charge in [0.25, 0.3) is 0 Å². The van der Waals surface area contributed by atoms with Gasteiger partial charge >= 0.3 is 5.97 Å². The number of aliphatic hydroxyl groups excluding tert-OH is 1. The lowest BCUT2D eigenvalue weighted by atomic mass is 10.2. The van der Waals surface area contributed by atoms with E-state index in [9.17, 15) is 9.90 Å². The van der Waals surface area contributed by atoms with Crippen LogP contribution in [0.4, 0.5) is 0 Å². The highest BCUT2D eigenvalue weighted by molar-refractivity contribution is 5.74. The number of esters is 1. The van der Waals surface area contributed by atoms with Gasteiger partial charge in [0, 0.05) is 0 Å². The molecule has 0 saturated heterocycles. The number of rotatable bonds is 6. The fourth-order valence-electron chi connectivity index (χ4n) is 1.17. The molecule has 0 amide bonds. The Morgan fingerprint density at radius 3 is 2.69 bits per heavy atom. The highest BCUT2D eigenvalue weighted by Crippen LogP contribution is 2.01. The average Bonchev–Trinajstić information content (AvgIpc) is 2.30. The number of carbonyl (C=O) groups is 1. The van der Waals surface area contributed by atoms with Gasteiger partial charge in [-0.05, 0) is 12.5 Å². The number of carbonyl (C=O) groups excluding carboxylic acids is 1. The molecule has 16 heavy (non-hydrogen) atoms. The summed E-state index contributed by atoms with van der Waals surface area (Å²) < 4.78 is 9.84. The number of benzene rings is 1. The molecule has 0 saturated carbocycles. The zero-order valence-electron chi connectivity index (χ0n) is 9.26. The van der Waals surface area contributed by atoms with Crippen LogP contribution in [0.5, 0.6) is 0 Å². The summed E-state index contributed by atoms with van der Waals surface area (Å²) in [6, 6.07) is 9.55.